The van der Waals surface area contributed by atoms with Crippen LogP contribution in [-0.2, 0) is 0 Å². The van der Waals surface area contributed by atoms with Crippen LogP contribution in [0, 0.1) is 24.3 Å². The van der Waals surface area contributed by atoms with Gasteiger partial charge in [-0.25, -0.2) is 9.48 Å². The minimum absolute atomic E-state index is 0.105. The molecule has 94 valence electrons. The zero-order valence-corrected chi connectivity index (χ0v) is 12.5. The maximum Gasteiger partial charge on any atom is 0.357 e. The minimum atomic E-state index is -0.994. The summed E-state index contributed by atoms with van der Waals surface area (Å²) in [5.41, 5.74) is 4.12. The second-order valence-corrected chi connectivity index (χ2v) is 5.33. The van der Waals surface area contributed by atoms with Gasteiger partial charge in [-0.2, -0.15) is 5.10 Å². The standard InChI is InChI=1S/C13H13IN2O2/c1-7-4-5-10(8(2)6-7)16-9(3)11(14)12(15-16)13(17)18/h4-6H,1-3H3,(H,17,18). The Morgan fingerprint density at radius 3 is 2.50 bits per heavy atom. The lowest BCUT2D eigenvalue weighted by atomic mass is 10.1. The molecule has 2 rings (SSSR count). The summed E-state index contributed by atoms with van der Waals surface area (Å²) in [6.45, 7) is 5.90. The van der Waals surface area contributed by atoms with Crippen molar-refractivity contribution >= 4 is 28.6 Å². The van der Waals surface area contributed by atoms with Crippen molar-refractivity contribution in [2.75, 3.05) is 0 Å². The molecule has 0 spiro atoms. The molecule has 1 aromatic heterocycles. The molecule has 1 heterocycles. The average molecular weight is 356 g/mol. The van der Waals surface area contributed by atoms with Gasteiger partial charge < -0.3 is 5.11 Å². The fourth-order valence-corrected chi connectivity index (χ4v) is 2.46. The third-order valence-corrected chi connectivity index (χ3v) is 4.12. The number of carboxylic acid groups (broad SMARTS) is 1. The number of aromatic carboxylic acids is 1. The van der Waals surface area contributed by atoms with E-state index in [0.717, 1.165) is 16.9 Å². The lowest BCUT2D eigenvalue weighted by Gasteiger charge is -2.08. The Morgan fingerprint density at radius 2 is 2.00 bits per heavy atom. The molecular weight excluding hydrogens is 343 g/mol. The number of halogens is 1. The van der Waals surface area contributed by atoms with E-state index < -0.39 is 5.97 Å². The van der Waals surface area contributed by atoms with E-state index in [0.29, 0.717) is 3.57 Å². The van der Waals surface area contributed by atoms with Crippen LogP contribution < -0.4 is 0 Å². The van der Waals surface area contributed by atoms with Gasteiger partial charge in [0.2, 0.25) is 0 Å². The molecule has 0 amide bonds. The summed E-state index contributed by atoms with van der Waals surface area (Å²) in [4.78, 5) is 11.1. The van der Waals surface area contributed by atoms with Crippen LogP contribution in [0.3, 0.4) is 0 Å². The first-order valence-corrected chi connectivity index (χ1v) is 6.55. The SMILES string of the molecule is Cc1ccc(-n2nc(C(=O)O)c(I)c2C)c(C)c1. The summed E-state index contributed by atoms with van der Waals surface area (Å²) in [5.74, 6) is -0.994. The van der Waals surface area contributed by atoms with E-state index in [2.05, 4.69) is 11.2 Å². The Hall–Kier alpha value is -1.37. The van der Waals surface area contributed by atoms with E-state index in [1.165, 1.54) is 5.56 Å². The number of rotatable bonds is 2. The smallest absolute Gasteiger partial charge is 0.357 e. The molecule has 4 nitrogen and oxygen atoms in total. The number of hydrogen-bond donors (Lipinski definition) is 1. The van der Waals surface area contributed by atoms with Crippen molar-refractivity contribution < 1.29 is 9.90 Å². The normalized spacial score (nSPS) is 10.7. The molecule has 1 aromatic carbocycles. The Morgan fingerprint density at radius 1 is 1.33 bits per heavy atom. The van der Waals surface area contributed by atoms with Gasteiger partial charge >= 0.3 is 5.97 Å². The van der Waals surface area contributed by atoms with Gasteiger partial charge in [0.15, 0.2) is 5.69 Å². The van der Waals surface area contributed by atoms with E-state index >= 15 is 0 Å². The molecule has 1 N–H and O–H groups in total. The lowest BCUT2D eigenvalue weighted by molar-refractivity contribution is 0.0689. The molecule has 0 unspecified atom stereocenters. The molecule has 0 aliphatic rings. The van der Waals surface area contributed by atoms with Gasteiger partial charge in [-0.1, -0.05) is 17.7 Å². The molecule has 0 bridgehead atoms. The fourth-order valence-electron chi connectivity index (χ4n) is 1.90. The monoisotopic (exact) mass is 356 g/mol. The highest BCUT2D eigenvalue weighted by Gasteiger charge is 2.19. The van der Waals surface area contributed by atoms with E-state index in [4.69, 9.17) is 5.11 Å². The molecule has 2 aromatic rings. The summed E-state index contributed by atoms with van der Waals surface area (Å²) in [5, 5.41) is 13.3. The molecule has 0 saturated carbocycles. The Kier molecular flexibility index (Phi) is 3.43. The van der Waals surface area contributed by atoms with Crippen LogP contribution in [0.5, 0.6) is 0 Å². The number of carboxylic acids is 1. The van der Waals surface area contributed by atoms with Crippen molar-refractivity contribution in [2.45, 2.75) is 20.8 Å². The second kappa shape index (κ2) is 4.72. The third-order valence-electron chi connectivity index (χ3n) is 2.83. The topological polar surface area (TPSA) is 55.1 Å². The van der Waals surface area contributed by atoms with Crippen LogP contribution in [0.15, 0.2) is 18.2 Å². The van der Waals surface area contributed by atoms with Crippen LogP contribution in [0.1, 0.15) is 27.3 Å². The third kappa shape index (κ3) is 2.14. The van der Waals surface area contributed by atoms with Gasteiger partial charge in [0.05, 0.1) is 15.0 Å². The Balaban J connectivity index is 2.64. The van der Waals surface area contributed by atoms with Crippen LogP contribution in [0.25, 0.3) is 5.69 Å². The van der Waals surface area contributed by atoms with Gasteiger partial charge in [0.1, 0.15) is 0 Å². The van der Waals surface area contributed by atoms with Crippen LogP contribution in [-0.4, -0.2) is 20.9 Å². The van der Waals surface area contributed by atoms with E-state index in [-0.39, 0.29) is 5.69 Å². The van der Waals surface area contributed by atoms with Crippen LogP contribution in [0.2, 0.25) is 0 Å². The summed E-state index contributed by atoms with van der Waals surface area (Å²) in [6.07, 6.45) is 0. The van der Waals surface area contributed by atoms with Crippen molar-refractivity contribution in [3.8, 4) is 5.69 Å². The van der Waals surface area contributed by atoms with Crippen molar-refractivity contribution in [3.63, 3.8) is 0 Å². The van der Waals surface area contributed by atoms with Gasteiger partial charge in [-0.3, -0.25) is 0 Å². The highest BCUT2D eigenvalue weighted by Crippen LogP contribution is 2.22. The second-order valence-electron chi connectivity index (χ2n) is 4.25. The molecule has 18 heavy (non-hydrogen) atoms. The fraction of sp³-hybridized carbons (Fsp3) is 0.231. The van der Waals surface area contributed by atoms with E-state index in [1.807, 2.05) is 55.5 Å². The molecule has 0 radical (unpaired) electrons. The predicted octanol–water partition coefficient (Wildman–Crippen LogP) is 3.10. The first-order chi connectivity index (χ1) is 8.41. The summed E-state index contributed by atoms with van der Waals surface area (Å²) in [6, 6.07) is 6.02. The summed E-state index contributed by atoms with van der Waals surface area (Å²) >= 11 is 2.02. The first kappa shape index (κ1) is 13.1. The summed E-state index contributed by atoms with van der Waals surface area (Å²) < 4.78 is 2.38. The zero-order chi connectivity index (χ0) is 13.4. The van der Waals surface area contributed by atoms with Crippen molar-refractivity contribution in [1.82, 2.24) is 9.78 Å². The van der Waals surface area contributed by atoms with Gasteiger partial charge in [0.25, 0.3) is 0 Å². The molecule has 0 aliphatic heterocycles. The van der Waals surface area contributed by atoms with Gasteiger partial charge in [0, 0.05) is 0 Å². The van der Waals surface area contributed by atoms with Crippen molar-refractivity contribution in [3.05, 3.63) is 44.3 Å². The number of aromatic nitrogens is 2. The van der Waals surface area contributed by atoms with Crippen molar-refractivity contribution in [2.24, 2.45) is 0 Å². The average Bonchev–Trinajstić information content (AvgIpc) is 2.57. The van der Waals surface area contributed by atoms with E-state index in [1.54, 1.807) is 4.68 Å². The first-order valence-electron chi connectivity index (χ1n) is 5.48. The van der Waals surface area contributed by atoms with Crippen LogP contribution in [0.4, 0.5) is 0 Å². The molecule has 0 fully saturated rings. The molecule has 0 atom stereocenters. The highest BCUT2D eigenvalue weighted by molar-refractivity contribution is 14.1. The quantitative estimate of drug-likeness (QED) is 0.842. The molecular formula is C13H13IN2O2. The lowest BCUT2D eigenvalue weighted by Crippen LogP contribution is -2.04. The summed E-state index contributed by atoms with van der Waals surface area (Å²) in [7, 11) is 0. The molecule has 0 aliphatic carbocycles. The largest absolute Gasteiger partial charge is 0.476 e. The minimum Gasteiger partial charge on any atom is -0.476 e. The molecule has 0 saturated heterocycles. The van der Waals surface area contributed by atoms with Gasteiger partial charge in [-0.05, 0) is 55.0 Å². The Bertz CT molecular complexity index is 632. The predicted molar refractivity (Wildman–Crippen MR) is 77.5 cm³/mol. The highest BCUT2D eigenvalue weighted by atomic mass is 127. The number of carbonyl (C=O) groups is 1. The Labute approximate surface area is 119 Å². The van der Waals surface area contributed by atoms with E-state index in [9.17, 15) is 4.79 Å². The zero-order valence-electron chi connectivity index (χ0n) is 10.4. The number of hydrogen-bond acceptors (Lipinski definition) is 2. The maximum absolute atomic E-state index is 11.1. The van der Waals surface area contributed by atoms with Crippen LogP contribution >= 0.6 is 22.6 Å². The number of aryl methyl sites for hydroxylation is 2. The maximum atomic E-state index is 11.1. The number of benzene rings is 1. The molecule has 5 heteroatoms. The number of nitrogens with zero attached hydrogens (tertiary/aromatic N) is 2. The van der Waals surface area contributed by atoms with Gasteiger partial charge in [-0.15, -0.1) is 0 Å². The van der Waals surface area contributed by atoms with Crippen molar-refractivity contribution in [1.29, 1.82) is 0 Å².